The Morgan fingerprint density at radius 1 is 1.27 bits per heavy atom. The Kier molecular flexibility index (Phi) is 6.33. The number of benzene rings is 1. The number of amides is 1. The highest BCUT2D eigenvalue weighted by Gasteiger charge is 2.35. The van der Waals surface area contributed by atoms with Gasteiger partial charge in [0.2, 0.25) is 0 Å². The van der Waals surface area contributed by atoms with Crippen LogP contribution in [0.2, 0.25) is 0 Å². The van der Waals surface area contributed by atoms with Crippen molar-refractivity contribution in [3.63, 3.8) is 0 Å². The van der Waals surface area contributed by atoms with Crippen LogP contribution in [0.3, 0.4) is 0 Å². The van der Waals surface area contributed by atoms with Crippen LogP contribution in [0.15, 0.2) is 30.3 Å². The molecule has 0 radical (unpaired) electrons. The Labute approximate surface area is 156 Å². The van der Waals surface area contributed by atoms with Crippen LogP contribution in [0.25, 0.3) is 0 Å². The normalized spacial score (nSPS) is 22.5. The van der Waals surface area contributed by atoms with Crippen LogP contribution in [0.5, 0.6) is 0 Å². The Balaban J connectivity index is 1.72. The van der Waals surface area contributed by atoms with E-state index in [0.29, 0.717) is 19.2 Å². The lowest BCUT2D eigenvalue weighted by Crippen LogP contribution is -2.57. The molecule has 1 aromatic rings. The van der Waals surface area contributed by atoms with Crippen LogP contribution in [0.1, 0.15) is 49.9 Å². The zero-order valence-corrected chi connectivity index (χ0v) is 16.1. The number of rotatable bonds is 6. The van der Waals surface area contributed by atoms with E-state index in [-0.39, 0.29) is 24.2 Å². The maximum absolute atomic E-state index is 13.2. The molecule has 1 N–H and O–H groups in total. The van der Waals surface area contributed by atoms with Gasteiger partial charge in [0.05, 0.1) is 19.3 Å². The van der Waals surface area contributed by atoms with E-state index in [1.165, 1.54) is 12.8 Å². The van der Waals surface area contributed by atoms with E-state index in [1.807, 2.05) is 35.2 Å². The lowest BCUT2D eigenvalue weighted by atomic mass is 10.0. The Bertz CT molecular complexity index is 584. The van der Waals surface area contributed by atoms with Gasteiger partial charge in [-0.3, -0.25) is 9.69 Å². The van der Waals surface area contributed by atoms with Crippen molar-refractivity contribution in [1.29, 1.82) is 0 Å². The van der Waals surface area contributed by atoms with Crippen LogP contribution in [-0.4, -0.2) is 71.3 Å². The van der Waals surface area contributed by atoms with Crippen LogP contribution < -0.4 is 0 Å². The van der Waals surface area contributed by atoms with E-state index in [9.17, 15) is 9.90 Å². The van der Waals surface area contributed by atoms with Gasteiger partial charge in [-0.2, -0.15) is 0 Å². The molecule has 5 nitrogen and oxygen atoms in total. The van der Waals surface area contributed by atoms with E-state index in [0.717, 1.165) is 31.5 Å². The molecule has 26 heavy (non-hydrogen) atoms. The van der Waals surface area contributed by atoms with Crippen LogP contribution in [0.4, 0.5) is 0 Å². The van der Waals surface area contributed by atoms with Crippen LogP contribution in [-0.2, 0) is 4.74 Å². The number of aliphatic hydroxyl groups excluding tert-OH is 1. The standard InChI is InChI=1S/C21H32N2O3/c1-21(2,16-24)22-12-13-26-19(14-22)15-23(18-10-6-7-11-18)20(25)17-8-4-3-5-9-17/h3-5,8-9,18-19,24H,6-7,10-16H2,1-2H3. The van der Waals surface area contributed by atoms with Gasteiger partial charge >= 0.3 is 0 Å². The fraction of sp³-hybridized carbons (Fsp3) is 0.667. The van der Waals surface area contributed by atoms with Crippen LogP contribution >= 0.6 is 0 Å². The fourth-order valence-corrected chi connectivity index (χ4v) is 4.06. The van der Waals surface area contributed by atoms with Crippen molar-refractivity contribution in [2.45, 2.75) is 57.2 Å². The summed E-state index contributed by atoms with van der Waals surface area (Å²) in [6, 6.07) is 9.88. The van der Waals surface area contributed by atoms with Crippen molar-refractivity contribution in [2.75, 3.05) is 32.8 Å². The van der Waals surface area contributed by atoms with Gasteiger partial charge in [-0.25, -0.2) is 0 Å². The molecule has 1 saturated carbocycles. The maximum atomic E-state index is 13.2. The van der Waals surface area contributed by atoms with Crippen molar-refractivity contribution >= 4 is 5.91 Å². The van der Waals surface area contributed by atoms with E-state index in [1.54, 1.807) is 0 Å². The summed E-state index contributed by atoms with van der Waals surface area (Å²) in [5.41, 5.74) is 0.492. The fourth-order valence-electron chi connectivity index (χ4n) is 4.06. The summed E-state index contributed by atoms with van der Waals surface area (Å²) >= 11 is 0. The van der Waals surface area contributed by atoms with Gasteiger partial charge in [-0.1, -0.05) is 31.0 Å². The number of nitrogens with zero attached hydrogens (tertiary/aromatic N) is 2. The van der Waals surface area contributed by atoms with Gasteiger partial charge in [0.25, 0.3) is 5.91 Å². The third-order valence-electron chi connectivity index (χ3n) is 5.83. The van der Waals surface area contributed by atoms with E-state index in [2.05, 4.69) is 18.7 Å². The summed E-state index contributed by atoms with van der Waals surface area (Å²) in [4.78, 5) is 17.5. The van der Waals surface area contributed by atoms with Crippen molar-refractivity contribution in [3.8, 4) is 0 Å². The van der Waals surface area contributed by atoms with Gasteiger partial charge in [-0.05, 0) is 38.8 Å². The zero-order valence-electron chi connectivity index (χ0n) is 16.1. The number of morpholine rings is 1. The predicted molar refractivity (Wildman–Crippen MR) is 102 cm³/mol. The highest BCUT2D eigenvalue weighted by molar-refractivity contribution is 5.94. The van der Waals surface area contributed by atoms with Gasteiger partial charge < -0.3 is 14.7 Å². The minimum atomic E-state index is -0.260. The molecular formula is C21H32N2O3. The molecule has 1 aromatic carbocycles. The highest BCUT2D eigenvalue weighted by Crippen LogP contribution is 2.26. The molecule has 1 heterocycles. The number of aliphatic hydroxyl groups is 1. The number of hydrogen-bond donors (Lipinski definition) is 1. The van der Waals surface area contributed by atoms with Crippen molar-refractivity contribution < 1.29 is 14.6 Å². The summed E-state index contributed by atoms with van der Waals surface area (Å²) < 4.78 is 6.01. The third-order valence-corrected chi connectivity index (χ3v) is 5.83. The first-order valence-electron chi connectivity index (χ1n) is 9.85. The molecular weight excluding hydrogens is 328 g/mol. The quantitative estimate of drug-likeness (QED) is 0.847. The minimum absolute atomic E-state index is 0.0113. The molecule has 0 spiro atoms. The maximum Gasteiger partial charge on any atom is 0.254 e. The molecule has 1 unspecified atom stereocenters. The molecule has 1 amide bonds. The lowest BCUT2D eigenvalue weighted by molar-refractivity contribution is -0.0819. The summed E-state index contributed by atoms with van der Waals surface area (Å²) in [6.45, 7) is 7.06. The molecule has 2 aliphatic rings. The molecule has 2 fully saturated rings. The molecule has 1 aliphatic carbocycles. The number of ether oxygens (including phenoxy) is 1. The van der Waals surface area contributed by atoms with Crippen molar-refractivity contribution in [3.05, 3.63) is 35.9 Å². The topological polar surface area (TPSA) is 53.0 Å². The summed E-state index contributed by atoms with van der Waals surface area (Å²) in [7, 11) is 0. The monoisotopic (exact) mass is 360 g/mol. The van der Waals surface area contributed by atoms with E-state index >= 15 is 0 Å². The number of hydrogen-bond acceptors (Lipinski definition) is 4. The van der Waals surface area contributed by atoms with E-state index in [4.69, 9.17) is 4.74 Å². The third kappa shape index (κ3) is 4.45. The predicted octanol–water partition coefficient (Wildman–Crippen LogP) is 2.54. The minimum Gasteiger partial charge on any atom is -0.394 e. The Morgan fingerprint density at radius 3 is 2.62 bits per heavy atom. The van der Waals surface area contributed by atoms with Gasteiger partial charge in [0.1, 0.15) is 0 Å². The zero-order chi connectivity index (χ0) is 18.6. The number of carbonyl (C=O) groups excluding carboxylic acids is 1. The van der Waals surface area contributed by atoms with Gasteiger partial charge in [0, 0.05) is 36.8 Å². The van der Waals surface area contributed by atoms with Gasteiger partial charge in [-0.15, -0.1) is 0 Å². The van der Waals surface area contributed by atoms with Crippen molar-refractivity contribution in [2.24, 2.45) is 0 Å². The highest BCUT2D eigenvalue weighted by atomic mass is 16.5. The number of carbonyl (C=O) groups is 1. The average Bonchev–Trinajstić information content (AvgIpc) is 3.21. The SMILES string of the molecule is CC(C)(CO)N1CCOC(CN(C(=O)c2ccccc2)C2CCCC2)C1. The first-order chi connectivity index (χ1) is 12.5. The van der Waals surface area contributed by atoms with Crippen LogP contribution in [0, 0.1) is 0 Å². The first-order valence-corrected chi connectivity index (χ1v) is 9.85. The van der Waals surface area contributed by atoms with Gasteiger partial charge in [0.15, 0.2) is 0 Å². The molecule has 144 valence electrons. The molecule has 1 saturated heterocycles. The largest absolute Gasteiger partial charge is 0.394 e. The molecule has 1 atom stereocenters. The average molecular weight is 360 g/mol. The smallest absolute Gasteiger partial charge is 0.254 e. The Morgan fingerprint density at radius 2 is 1.96 bits per heavy atom. The molecule has 0 bridgehead atoms. The summed E-state index contributed by atoms with van der Waals surface area (Å²) in [6.07, 6.45) is 4.54. The lowest BCUT2D eigenvalue weighted by Gasteiger charge is -2.44. The second-order valence-electron chi connectivity index (χ2n) is 8.17. The summed E-state index contributed by atoms with van der Waals surface area (Å²) in [5.74, 6) is 0.111. The molecule has 0 aromatic heterocycles. The molecule has 3 rings (SSSR count). The van der Waals surface area contributed by atoms with Crippen molar-refractivity contribution in [1.82, 2.24) is 9.80 Å². The van der Waals surface area contributed by atoms with E-state index < -0.39 is 0 Å². The first kappa shape index (κ1) is 19.3. The molecule has 1 aliphatic heterocycles. The summed E-state index contributed by atoms with van der Waals surface area (Å²) in [5, 5.41) is 9.68. The molecule has 5 heteroatoms. The second-order valence-corrected chi connectivity index (χ2v) is 8.17. The second kappa shape index (κ2) is 8.51. The Hall–Kier alpha value is -1.43.